The average molecular weight is 410 g/mol. The van der Waals surface area contributed by atoms with Crippen LogP contribution in [0, 0.1) is 0 Å². The van der Waals surface area contributed by atoms with Gasteiger partial charge in [0.25, 0.3) is 0 Å². The molecule has 24 heavy (non-hydrogen) atoms. The van der Waals surface area contributed by atoms with E-state index in [0.717, 1.165) is 21.3 Å². The molecule has 1 aliphatic rings. The molecule has 0 saturated heterocycles. The summed E-state index contributed by atoms with van der Waals surface area (Å²) in [5, 5.41) is 0. The maximum Gasteiger partial charge on any atom is 0.216 e. The molecule has 0 unspecified atom stereocenters. The summed E-state index contributed by atoms with van der Waals surface area (Å²) in [6, 6.07) is 14.6. The quantitative estimate of drug-likeness (QED) is 0.823. The van der Waals surface area contributed by atoms with E-state index in [-0.39, 0.29) is 11.8 Å². The summed E-state index contributed by atoms with van der Waals surface area (Å²) in [5.74, 6) is 0.699. The molecule has 3 rings (SSSR count). The summed E-state index contributed by atoms with van der Waals surface area (Å²) < 4.78 is 35.0. The standard InChI is InChI=1S/C18H20BrNO3S/c1-18(2)11-16(15-5-3-4-6-17(15)23-18)20-24(21,22)12-13-7-9-14(19)10-8-13/h3-10,16,20H,11-12H2,1-2H3/t16-/m0/s1. The van der Waals surface area contributed by atoms with E-state index in [1.807, 2.05) is 62.4 Å². The lowest BCUT2D eigenvalue weighted by molar-refractivity contribution is 0.0702. The lowest BCUT2D eigenvalue weighted by Crippen LogP contribution is -2.41. The van der Waals surface area contributed by atoms with Crippen molar-refractivity contribution < 1.29 is 13.2 Å². The van der Waals surface area contributed by atoms with Gasteiger partial charge in [-0.3, -0.25) is 0 Å². The van der Waals surface area contributed by atoms with Crippen molar-refractivity contribution in [2.45, 2.75) is 37.7 Å². The molecule has 1 atom stereocenters. The third-order valence-corrected chi connectivity index (χ3v) is 5.85. The number of ether oxygens (including phenoxy) is 1. The van der Waals surface area contributed by atoms with Crippen LogP contribution in [0.15, 0.2) is 53.0 Å². The van der Waals surface area contributed by atoms with E-state index in [4.69, 9.17) is 4.74 Å². The molecule has 1 N–H and O–H groups in total. The molecule has 6 heteroatoms. The first kappa shape index (κ1) is 17.5. The number of rotatable bonds is 4. The van der Waals surface area contributed by atoms with E-state index in [2.05, 4.69) is 20.7 Å². The zero-order valence-electron chi connectivity index (χ0n) is 13.6. The van der Waals surface area contributed by atoms with E-state index in [9.17, 15) is 8.42 Å². The molecule has 1 heterocycles. The number of halogens is 1. The van der Waals surface area contributed by atoms with Gasteiger partial charge >= 0.3 is 0 Å². The van der Waals surface area contributed by atoms with Crippen LogP contribution in [0.1, 0.15) is 37.4 Å². The summed E-state index contributed by atoms with van der Waals surface area (Å²) in [6.07, 6.45) is 0.587. The highest BCUT2D eigenvalue weighted by Gasteiger charge is 2.35. The molecule has 0 amide bonds. The van der Waals surface area contributed by atoms with Crippen molar-refractivity contribution in [3.63, 3.8) is 0 Å². The highest BCUT2D eigenvalue weighted by atomic mass is 79.9. The predicted molar refractivity (Wildman–Crippen MR) is 98.4 cm³/mol. The van der Waals surface area contributed by atoms with Gasteiger partial charge in [0, 0.05) is 16.5 Å². The Morgan fingerprint density at radius 3 is 2.54 bits per heavy atom. The van der Waals surface area contributed by atoms with E-state index in [1.165, 1.54) is 0 Å². The molecular formula is C18H20BrNO3S. The minimum absolute atomic E-state index is 0.0414. The molecule has 0 aromatic heterocycles. The fourth-order valence-electron chi connectivity index (χ4n) is 2.97. The first-order valence-electron chi connectivity index (χ1n) is 7.76. The summed E-state index contributed by atoms with van der Waals surface area (Å²) in [6.45, 7) is 3.94. The number of benzene rings is 2. The van der Waals surface area contributed by atoms with Crippen molar-refractivity contribution in [3.05, 3.63) is 64.1 Å². The second-order valence-electron chi connectivity index (χ2n) is 6.66. The molecule has 0 fully saturated rings. The fourth-order valence-corrected chi connectivity index (χ4v) is 4.59. The number of hydrogen-bond donors (Lipinski definition) is 1. The Balaban J connectivity index is 1.82. The molecule has 0 radical (unpaired) electrons. The molecule has 2 aromatic carbocycles. The van der Waals surface area contributed by atoms with Crippen molar-refractivity contribution in [2.75, 3.05) is 0 Å². The third-order valence-electron chi connectivity index (χ3n) is 3.97. The Morgan fingerprint density at radius 2 is 1.83 bits per heavy atom. The van der Waals surface area contributed by atoms with Gasteiger partial charge in [0.15, 0.2) is 0 Å². The van der Waals surface area contributed by atoms with Gasteiger partial charge in [-0.15, -0.1) is 0 Å². The lowest BCUT2D eigenvalue weighted by Gasteiger charge is -2.37. The van der Waals surface area contributed by atoms with Crippen LogP contribution < -0.4 is 9.46 Å². The lowest BCUT2D eigenvalue weighted by atomic mass is 9.90. The topological polar surface area (TPSA) is 55.4 Å². The highest BCUT2D eigenvalue weighted by Crippen LogP contribution is 2.39. The monoisotopic (exact) mass is 409 g/mol. The molecular weight excluding hydrogens is 390 g/mol. The zero-order chi connectivity index (χ0) is 17.4. The van der Waals surface area contributed by atoms with Crippen LogP contribution in [0.5, 0.6) is 5.75 Å². The Bertz CT molecular complexity index is 832. The van der Waals surface area contributed by atoms with Crippen LogP contribution in [0.2, 0.25) is 0 Å². The third kappa shape index (κ3) is 4.18. The van der Waals surface area contributed by atoms with Crippen LogP contribution in [-0.4, -0.2) is 14.0 Å². The van der Waals surface area contributed by atoms with Gasteiger partial charge < -0.3 is 4.74 Å². The number of nitrogens with one attached hydrogen (secondary N) is 1. The van der Waals surface area contributed by atoms with Crippen molar-refractivity contribution >= 4 is 26.0 Å². The maximum absolute atomic E-state index is 12.6. The van der Waals surface area contributed by atoms with E-state index in [1.54, 1.807) is 0 Å². The van der Waals surface area contributed by atoms with Crippen LogP contribution in [-0.2, 0) is 15.8 Å². The van der Waals surface area contributed by atoms with Gasteiger partial charge in [-0.2, -0.15) is 0 Å². The molecule has 0 aliphatic carbocycles. The number of para-hydroxylation sites is 1. The molecule has 4 nitrogen and oxygen atoms in total. The van der Waals surface area contributed by atoms with Gasteiger partial charge in [-0.05, 0) is 37.6 Å². The zero-order valence-corrected chi connectivity index (χ0v) is 16.0. The average Bonchev–Trinajstić information content (AvgIpc) is 2.48. The molecule has 0 bridgehead atoms. The van der Waals surface area contributed by atoms with Crippen molar-refractivity contribution in [2.24, 2.45) is 0 Å². The summed E-state index contributed by atoms with van der Waals surface area (Å²) in [7, 11) is -3.46. The Morgan fingerprint density at radius 1 is 1.17 bits per heavy atom. The molecule has 2 aromatic rings. The van der Waals surface area contributed by atoms with Gasteiger partial charge in [0.1, 0.15) is 11.4 Å². The second-order valence-corrected chi connectivity index (χ2v) is 9.33. The largest absolute Gasteiger partial charge is 0.487 e. The minimum atomic E-state index is -3.46. The summed E-state index contributed by atoms with van der Waals surface area (Å²) in [4.78, 5) is 0. The van der Waals surface area contributed by atoms with Crippen molar-refractivity contribution in [1.82, 2.24) is 4.72 Å². The number of hydrogen-bond acceptors (Lipinski definition) is 3. The van der Waals surface area contributed by atoms with Crippen molar-refractivity contribution in [3.8, 4) is 5.75 Å². The fraction of sp³-hybridized carbons (Fsp3) is 0.333. The van der Waals surface area contributed by atoms with Gasteiger partial charge in [0.2, 0.25) is 10.0 Å². The molecule has 1 aliphatic heterocycles. The van der Waals surface area contributed by atoms with Crippen LogP contribution in [0.4, 0.5) is 0 Å². The van der Waals surface area contributed by atoms with Crippen LogP contribution in [0.25, 0.3) is 0 Å². The van der Waals surface area contributed by atoms with E-state index >= 15 is 0 Å². The Labute approximate surface area is 151 Å². The van der Waals surface area contributed by atoms with E-state index in [0.29, 0.717) is 6.42 Å². The first-order chi connectivity index (χ1) is 11.2. The minimum Gasteiger partial charge on any atom is -0.487 e. The number of sulfonamides is 1. The second kappa shape index (κ2) is 6.50. The van der Waals surface area contributed by atoms with Crippen LogP contribution >= 0.6 is 15.9 Å². The van der Waals surface area contributed by atoms with Gasteiger partial charge in [0.05, 0.1) is 11.8 Å². The Kier molecular flexibility index (Phi) is 4.73. The van der Waals surface area contributed by atoms with Crippen LogP contribution in [0.3, 0.4) is 0 Å². The maximum atomic E-state index is 12.6. The van der Waals surface area contributed by atoms with E-state index < -0.39 is 15.6 Å². The normalized spacial score (nSPS) is 19.4. The summed E-state index contributed by atoms with van der Waals surface area (Å²) >= 11 is 3.36. The molecule has 0 spiro atoms. The highest BCUT2D eigenvalue weighted by molar-refractivity contribution is 9.10. The summed E-state index contributed by atoms with van der Waals surface area (Å²) in [5.41, 5.74) is 1.22. The predicted octanol–water partition coefficient (Wildman–Crippen LogP) is 4.17. The Hall–Kier alpha value is -1.37. The SMILES string of the molecule is CC1(C)C[C@H](NS(=O)(=O)Cc2ccc(Br)cc2)c2ccccc2O1. The number of fused-ring (bicyclic) bond motifs is 1. The first-order valence-corrected chi connectivity index (χ1v) is 10.2. The molecule has 0 saturated carbocycles. The van der Waals surface area contributed by atoms with Crippen molar-refractivity contribution in [1.29, 1.82) is 0 Å². The van der Waals surface area contributed by atoms with Gasteiger partial charge in [-0.1, -0.05) is 46.3 Å². The molecule has 128 valence electrons. The smallest absolute Gasteiger partial charge is 0.216 e. The van der Waals surface area contributed by atoms with Gasteiger partial charge in [-0.25, -0.2) is 13.1 Å².